The zero-order chi connectivity index (χ0) is 105. The molecule has 0 bridgehead atoms. The maximum Gasteiger partial charge on any atom is 0.250 e. The van der Waals surface area contributed by atoms with Crippen LogP contribution < -0.4 is 51.1 Å². The van der Waals surface area contributed by atoms with Gasteiger partial charge in [0.2, 0.25) is 59.1 Å². The zero-order valence-corrected chi connectivity index (χ0v) is 92.8. The van der Waals surface area contributed by atoms with Crippen LogP contribution in [0.15, 0.2) is 115 Å². The number of thioether (sulfide) groups is 5. The number of nitrogens with one attached hydrogen (secondary N) is 5. The van der Waals surface area contributed by atoms with Gasteiger partial charge < -0.3 is 70.7 Å². The van der Waals surface area contributed by atoms with Gasteiger partial charge in [0.05, 0.1) is 43.4 Å². The Kier molecular flexibility index (Phi) is 41.5. The summed E-state index contributed by atoms with van der Waals surface area (Å²) in [5.41, 5.74) is 6.54. The molecule has 5 aromatic rings. The van der Waals surface area contributed by atoms with Crippen molar-refractivity contribution in [3.63, 3.8) is 0 Å². The minimum Gasteiger partial charge on any atom is -0.352 e. The average Bonchev–Trinajstić information content (AvgIpc) is 0.740. The van der Waals surface area contributed by atoms with Crippen molar-refractivity contribution in [1.82, 2.24) is 51.1 Å². The van der Waals surface area contributed by atoms with Gasteiger partial charge in [-0.15, -0.1) is 47.0 Å². The van der Waals surface area contributed by atoms with Gasteiger partial charge in [-0.25, -0.2) is 0 Å². The van der Waals surface area contributed by atoms with Crippen LogP contribution in [0.5, 0.6) is 0 Å². The third-order valence-electron chi connectivity index (χ3n) is 31.2. The van der Waals surface area contributed by atoms with E-state index >= 15 is 0 Å². The van der Waals surface area contributed by atoms with Crippen molar-refractivity contribution >= 4 is 199 Å². The van der Waals surface area contributed by atoms with E-state index in [1.54, 1.807) is 34.1 Å². The van der Waals surface area contributed by atoms with Gasteiger partial charge in [-0.05, 0) is 259 Å². The lowest BCUT2D eigenvalue weighted by Crippen LogP contribution is -2.53. The quantitative estimate of drug-likeness (QED) is 0.0452. The molecular formula is C113H149Cl2N15O15S5. The van der Waals surface area contributed by atoms with Crippen LogP contribution in [-0.2, 0) is 71.9 Å². The molecular weight excluding hydrogens is 2040 g/mol. The molecule has 10 fully saturated rings. The van der Waals surface area contributed by atoms with Crippen LogP contribution in [-0.4, -0.2) is 268 Å². The fourth-order valence-corrected chi connectivity index (χ4v) is 29.8. The topological polar surface area (TPSA) is 349 Å². The van der Waals surface area contributed by atoms with Crippen molar-refractivity contribution in [2.24, 2.45) is 0 Å². The lowest BCUT2D eigenvalue weighted by atomic mass is 9.95. The van der Waals surface area contributed by atoms with Crippen molar-refractivity contribution < 1.29 is 71.9 Å². The molecule has 15 amide bonds. The molecule has 5 aliphatic carbocycles. The number of aryl methyl sites for hydroxylation is 3. The number of piperidine rings is 5. The summed E-state index contributed by atoms with van der Waals surface area (Å²) in [5, 5.41) is 12.2. The molecule has 15 aliphatic rings. The number of rotatable bonds is 20. The number of carbonyl (C=O) groups is 15. The number of likely N-dealkylation sites (tertiary alicyclic amines) is 5. The van der Waals surface area contributed by atoms with Crippen molar-refractivity contribution in [2.45, 2.75) is 359 Å². The van der Waals surface area contributed by atoms with Crippen LogP contribution in [0, 0.1) is 20.8 Å². The first-order valence-electron chi connectivity index (χ1n) is 55.4. The number of nitrogens with zero attached hydrogens (tertiary/aromatic N) is 10. The first kappa shape index (κ1) is 113. The van der Waals surface area contributed by atoms with E-state index in [-0.39, 0.29) is 152 Å². The second-order valence-corrected chi connectivity index (χ2v) is 49.2. The first-order chi connectivity index (χ1) is 72.7. The third-order valence-corrected chi connectivity index (χ3v) is 38.1. The highest BCUT2D eigenvalue weighted by Crippen LogP contribution is 2.49. The fourth-order valence-electron chi connectivity index (χ4n) is 23.0. The molecule has 0 spiro atoms. The summed E-state index contributed by atoms with van der Waals surface area (Å²) in [6, 6.07) is 29.2. The van der Waals surface area contributed by atoms with E-state index < -0.39 is 26.2 Å². The zero-order valence-electron chi connectivity index (χ0n) is 87.2. The summed E-state index contributed by atoms with van der Waals surface area (Å²) in [6.45, 7) is 12.7. The second-order valence-electron chi connectivity index (χ2n) is 42.6. The van der Waals surface area contributed by atoms with Gasteiger partial charge in [-0.2, -0.15) is 0 Å². The highest BCUT2D eigenvalue weighted by molar-refractivity contribution is 8.03. The van der Waals surface area contributed by atoms with Gasteiger partial charge in [0, 0.05) is 115 Å². The average molecular weight is 2190 g/mol. The summed E-state index contributed by atoms with van der Waals surface area (Å²) in [5.74, 6) is -2.98. The third kappa shape index (κ3) is 29.6. The smallest absolute Gasteiger partial charge is 0.250 e. The molecule has 5 saturated heterocycles. The molecule has 0 radical (unpaired) electrons. The number of halogens is 2. The van der Waals surface area contributed by atoms with Crippen LogP contribution >= 0.6 is 82.0 Å². The molecule has 5 aromatic carbocycles. The number of hydrogen-bond acceptors (Lipinski definition) is 20. The minimum absolute atomic E-state index is 0.0316. The van der Waals surface area contributed by atoms with Crippen LogP contribution in [0.25, 0.3) is 0 Å². The number of fused-ring (bicyclic) bond motifs is 5. The molecule has 5 N–H and O–H groups in total. The van der Waals surface area contributed by atoms with E-state index in [9.17, 15) is 71.9 Å². The molecule has 5 atom stereocenters. The van der Waals surface area contributed by atoms with Gasteiger partial charge in [-0.3, -0.25) is 76.8 Å². The minimum atomic E-state index is -0.891. The monoisotopic (exact) mass is 2190 g/mol. The number of benzene rings is 5. The lowest BCUT2D eigenvalue weighted by molar-refractivity contribution is -0.137. The molecule has 30 nitrogen and oxygen atoms in total. The highest BCUT2D eigenvalue weighted by atomic mass is 35.5. The Labute approximate surface area is 914 Å². The van der Waals surface area contributed by atoms with E-state index in [0.717, 1.165) is 278 Å². The molecule has 150 heavy (non-hydrogen) atoms. The molecule has 37 heteroatoms. The Morgan fingerprint density at radius 2 is 0.500 bits per heavy atom. The SMILES string of the molecule is Cc1ccc2c(c1)N(CC(=O)NC1CCCCC1)C(=O)C(C(=O)N1CCCCC1)S2.Cc1ccc2c(c1)SC(C(=O)N1CCCCC1)C(=O)N2CC(=O)NC1CCCCC1.Cc1ccc2c(c1)SC(C(=O)N1CCCCC1)C(=O)N2CC(=O)NC1CCCCC1.O=C(CN1C(=O)C(C(=O)N2CCCCC2)Sc2c(Cl)cccc21)NC1CCCCC1.O=C(CN1C(=O)C(C(=O)N2CCCCC2)Sc2cccc(Cl)c21)NC1CCCCC1. The maximum atomic E-state index is 13.4. The van der Waals surface area contributed by atoms with Crippen molar-refractivity contribution in [2.75, 3.05) is 123 Å². The Bertz CT molecular complexity index is 5440. The Balaban J connectivity index is 0.000000133. The molecule has 10 heterocycles. The largest absolute Gasteiger partial charge is 0.352 e. The highest BCUT2D eigenvalue weighted by Gasteiger charge is 2.49. The number of carbonyl (C=O) groups excluding carboxylic acids is 15. The molecule has 20 rings (SSSR count). The van der Waals surface area contributed by atoms with Crippen LogP contribution in [0.2, 0.25) is 10.0 Å². The summed E-state index contributed by atoms with van der Waals surface area (Å²) >= 11 is 19.3. The van der Waals surface area contributed by atoms with Gasteiger partial charge in [0.25, 0.3) is 29.5 Å². The molecule has 5 saturated carbocycles. The van der Waals surface area contributed by atoms with E-state index in [1.807, 2.05) is 102 Å². The molecule has 5 unspecified atom stereocenters. The molecule has 0 aromatic heterocycles. The Morgan fingerprint density at radius 1 is 0.253 bits per heavy atom. The second kappa shape index (κ2) is 55.0. The van der Waals surface area contributed by atoms with Crippen LogP contribution in [0.3, 0.4) is 0 Å². The summed E-state index contributed by atoms with van der Waals surface area (Å²) in [4.78, 5) is 217. The van der Waals surface area contributed by atoms with Crippen molar-refractivity contribution in [3.05, 3.63) is 118 Å². The molecule has 10 aliphatic heterocycles. The summed E-state index contributed by atoms with van der Waals surface area (Å²) in [6.07, 6.45) is 42.7. The standard InChI is InChI=1S/3C23H31N3O3S.2C22H28ClN3O3S/c1-16-10-11-19-18(14-16)26(15-20(27)24-17-8-4-2-5-9-17)23(29)21(30-19)22(28)25-12-6-3-7-13-25;2*1-16-10-11-18-19(14-16)30-21(22(28)25-12-6-3-7-13-25)23(29)26(18)15-20(27)24-17-8-4-2-5-9-17;23-16-10-7-11-17-19(16)26(14-18(27)24-15-8-3-1-4-9-15)22(29)20(30-17)21(28)25-12-5-2-6-13-25;23-16-10-7-11-17-19(16)30-20(21(28)25-12-5-2-6-13-25)22(29)26(17)14-18(27)24-15-8-3-1-4-9-15/h3*10-11,14,17,21H,2-9,12-13,15H2,1H3,(H,24,27);2*7,10-11,15,20H,1-6,8-9,12-14H2,(H,24,27). The van der Waals surface area contributed by atoms with Gasteiger partial charge in [0.15, 0.2) is 26.2 Å². The van der Waals surface area contributed by atoms with E-state index in [1.165, 1.54) is 115 Å². The van der Waals surface area contributed by atoms with Crippen molar-refractivity contribution in [3.8, 4) is 0 Å². The number of amides is 15. The Morgan fingerprint density at radius 3 is 0.827 bits per heavy atom. The summed E-state index contributed by atoms with van der Waals surface area (Å²) in [7, 11) is 0. The van der Waals surface area contributed by atoms with E-state index in [0.29, 0.717) is 91.8 Å². The lowest BCUT2D eigenvalue weighted by Gasteiger charge is -2.36. The summed E-state index contributed by atoms with van der Waals surface area (Å²) < 4.78 is 0. The van der Waals surface area contributed by atoms with Crippen molar-refractivity contribution in [1.29, 1.82) is 0 Å². The maximum absolute atomic E-state index is 13.4. The predicted molar refractivity (Wildman–Crippen MR) is 594 cm³/mol. The van der Waals surface area contributed by atoms with Gasteiger partial charge in [0.1, 0.15) is 32.7 Å². The van der Waals surface area contributed by atoms with Crippen LogP contribution in [0.4, 0.5) is 28.4 Å². The first-order valence-corrected chi connectivity index (χ1v) is 60.5. The molecule has 810 valence electrons. The van der Waals surface area contributed by atoms with Gasteiger partial charge >= 0.3 is 0 Å². The normalized spacial score (nSPS) is 22.6. The van der Waals surface area contributed by atoms with Gasteiger partial charge in [-0.1, -0.05) is 162 Å². The van der Waals surface area contributed by atoms with E-state index in [4.69, 9.17) is 23.2 Å². The van der Waals surface area contributed by atoms with E-state index in [2.05, 4.69) is 26.6 Å². The Hall–Kier alpha value is -9.52. The number of anilines is 5. The number of para-hydroxylation sites is 1. The number of hydrogen-bond donors (Lipinski definition) is 5. The predicted octanol–water partition coefficient (Wildman–Crippen LogP) is 17.0. The fraction of sp³-hybridized carbons (Fsp3) is 0.602. The van der Waals surface area contributed by atoms with Crippen LogP contribution in [0.1, 0.15) is 274 Å².